The Bertz CT molecular complexity index is 156. The van der Waals surface area contributed by atoms with Crippen LogP contribution in [0.15, 0.2) is 0 Å². The summed E-state index contributed by atoms with van der Waals surface area (Å²) < 4.78 is 0. The fourth-order valence-corrected chi connectivity index (χ4v) is 2.61. The SMILES string of the molecule is [CH2-]CCN1CCC(C)CC(C)(C)C1.[Li+]. The molecule has 0 saturated carbocycles. The van der Waals surface area contributed by atoms with Crippen molar-refractivity contribution in [1.29, 1.82) is 0 Å². The minimum atomic E-state index is 0. The Morgan fingerprint density at radius 2 is 2.07 bits per heavy atom. The van der Waals surface area contributed by atoms with Crippen LogP contribution in [-0.4, -0.2) is 24.5 Å². The van der Waals surface area contributed by atoms with Crippen LogP contribution >= 0.6 is 0 Å². The van der Waals surface area contributed by atoms with Crippen LogP contribution in [0.3, 0.4) is 0 Å². The van der Waals surface area contributed by atoms with Gasteiger partial charge in [-0.1, -0.05) is 20.8 Å². The summed E-state index contributed by atoms with van der Waals surface area (Å²) in [7, 11) is 0. The molecule has 14 heavy (non-hydrogen) atoms. The molecule has 1 nitrogen and oxygen atoms in total. The van der Waals surface area contributed by atoms with Crippen molar-refractivity contribution in [2.45, 2.75) is 40.0 Å². The van der Waals surface area contributed by atoms with Crippen molar-refractivity contribution in [3.8, 4) is 0 Å². The summed E-state index contributed by atoms with van der Waals surface area (Å²) in [5.41, 5.74) is 0.505. The quantitative estimate of drug-likeness (QED) is 0.436. The van der Waals surface area contributed by atoms with Crippen molar-refractivity contribution in [3.63, 3.8) is 0 Å². The van der Waals surface area contributed by atoms with E-state index in [-0.39, 0.29) is 18.9 Å². The van der Waals surface area contributed by atoms with E-state index in [0.29, 0.717) is 5.41 Å². The zero-order valence-electron chi connectivity index (χ0n) is 10.5. The van der Waals surface area contributed by atoms with Crippen LogP contribution < -0.4 is 18.9 Å². The van der Waals surface area contributed by atoms with Crippen LogP contribution in [0.2, 0.25) is 0 Å². The van der Waals surface area contributed by atoms with Crippen molar-refractivity contribution in [2.24, 2.45) is 11.3 Å². The predicted octanol–water partition coefficient (Wildman–Crippen LogP) is -0.0273. The molecule has 1 aliphatic heterocycles. The predicted molar refractivity (Wildman–Crippen MR) is 58.6 cm³/mol. The number of hydrogen-bond donors (Lipinski definition) is 0. The molecule has 0 radical (unpaired) electrons. The first kappa shape index (κ1) is 14.6. The molecule has 0 aliphatic carbocycles. The summed E-state index contributed by atoms with van der Waals surface area (Å²) in [4.78, 5) is 2.58. The van der Waals surface area contributed by atoms with Crippen LogP contribution in [-0.2, 0) is 0 Å². The van der Waals surface area contributed by atoms with Crippen LogP contribution in [0.1, 0.15) is 40.0 Å². The van der Waals surface area contributed by atoms with E-state index in [1.54, 1.807) is 0 Å². The first-order valence-electron chi connectivity index (χ1n) is 5.55. The summed E-state index contributed by atoms with van der Waals surface area (Å²) in [5.74, 6) is 0.893. The summed E-state index contributed by atoms with van der Waals surface area (Å²) in [6, 6.07) is 0. The maximum Gasteiger partial charge on any atom is 1.00 e. The Hall–Kier alpha value is 0.557. The van der Waals surface area contributed by atoms with Crippen molar-refractivity contribution in [3.05, 3.63) is 6.92 Å². The molecule has 0 spiro atoms. The molecule has 1 saturated heterocycles. The molecule has 0 aromatic rings. The second kappa shape index (κ2) is 6.21. The van der Waals surface area contributed by atoms with Crippen molar-refractivity contribution in [2.75, 3.05) is 19.6 Å². The van der Waals surface area contributed by atoms with Crippen molar-refractivity contribution >= 4 is 0 Å². The molecule has 2 heteroatoms. The van der Waals surface area contributed by atoms with Gasteiger partial charge in [0.05, 0.1) is 0 Å². The largest absolute Gasteiger partial charge is 1.00 e. The smallest absolute Gasteiger partial charge is 0.342 e. The second-order valence-corrected chi connectivity index (χ2v) is 5.39. The van der Waals surface area contributed by atoms with Gasteiger partial charge < -0.3 is 11.8 Å². The van der Waals surface area contributed by atoms with Gasteiger partial charge in [-0.2, -0.15) is 6.42 Å². The van der Waals surface area contributed by atoms with E-state index in [0.717, 1.165) is 12.3 Å². The molecule has 0 bridgehead atoms. The zero-order valence-corrected chi connectivity index (χ0v) is 10.5. The first-order chi connectivity index (χ1) is 6.03. The summed E-state index contributed by atoms with van der Waals surface area (Å²) in [5, 5.41) is 0. The molecule has 1 rings (SSSR count). The third-order valence-electron chi connectivity index (χ3n) is 2.97. The van der Waals surface area contributed by atoms with E-state index in [2.05, 4.69) is 32.6 Å². The molecule has 1 heterocycles. The molecule has 0 N–H and O–H groups in total. The van der Waals surface area contributed by atoms with E-state index >= 15 is 0 Å². The standard InChI is InChI=1S/C12H24N.Li/c1-5-7-13-8-6-11(2)9-12(3,4)10-13;/h11H,1,5-10H2,2-4H3;/q-1;+1. The number of nitrogens with zero attached hydrogens (tertiary/aromatic N) is 1. The molecule has 1 unspecified atom stereocenters. The molecule has 78 valence electrons. The maximum atomic E-state index is 3.94. The van der Waals surface area contributed by atoms with Crippen molar-refractivity contribution < 1.29 is 18.9 Å². The van der Waals surface area contributed by atoms with Gasteiger partial charge in [-0.3, -0.25) is 0 Å². The zero-order chi connectivity index (χ0) is 9.90. The Morgan fingerprint density at radius 3 is 2.64 bits per heavy atom. The second-order valence-electron chi connectivity index (χ2n) is 5.39. The van der Waals surface area contributed by atoms with Gasteiger partial charge in [-0.05, 0) is 37.3 Å². The summed E-state index contributed by atoms with van der Waals surface area (Å²) >= 11 is 0. The molecule has 1 atom stereocenters. The molecule has 0 amide bonds. The average Bonchev–Trinajstić information content (AvgIpc) is 2.09. The van der Waals surface area contributed by atoms with Crippen molar-refractivity contribution in [1.82, 2.24) is 4.90 Å². The molecule has 0 aromatic carbocycles. The third-order valence-corrected chi connectivity index (χ3v) is 2.97. The van der Waals surface area contributed by atoms with Gasteiger partial charge in [0, 0.05) is 6.54 Å². The van der Waals surface area contributed by atoms with Gasteiger partial charge in [-0.25, -0.2) is 0 Å². The monoisotopic (exact) mass is 189 g/mol. The van der Waals surface area contributed by atoms with Crippen LogP contribution in [0.25, 0.3) is 0 Å². The average molecular weight is 189 g/mol. The first-order valence-corrected chi connectivity index (χ1v) is 5.55. The van der Waals surface area contributed by atoms with E-state index < -0.39 is 0 Å². The van der Waals surface area contributed by atoms with E-state index in [4.69, 9.17) is 0 Å². The number of rotatable bonds is 2. The van der Waals surface area contributed by atoms with E-state index in [9.17, 15) is 0 Å². The maximum absolute atomic E-state index is 3.94. The van der Waals surface area contributed by atoms with Gasteiger partial charge in [0.15, 0.2) is 0 Å². The summed E-state index contributed by atoms with van der Waals surface area (Å²) in [6.45, 7) is 14.8. The van der Waals surface area contributed by atoms with Gasteiger partial charge in [0.1, 0.15) is 0 Å². The Balaban J connectivity index is 0.00000169. The number of likely N-dealkylation sites (tertiary alicyclic amines) is 1. The molecule has 1 aliphatic rings. The van der Waals surface area contributed by atoms with E-state index in [1.165, 1.54) is 32.5 Å². The topological polar surface area (TPSA) is 3.24 Å². The van der Waals surface area contributed by atoms with E-state index in [1.807, 2.05) is 0 Å². The minimum absolute atomic E-state index is 0. The Morgan fingerprint density at radius 1 is 1.43 bits per heavy atom. The van der Waals surface area contributed by atoms with Crippen LogP contribution in [0, 0.1) is 18.3 Å². The van der Waals surface area contributed by atoms with Gasteiger partial charge >= 0.3 is 18.9 Å². The normalized spacial score (nSPS) is 27.9. The Labute approximate surface area is 102 Å². The third kappa shape index (κ3) is 4.87. The number of hydrogen-bond acceptors (Lipinski definition) is 1. The fraction of sp³-hybridized carbons (Fsp3) is 0.917. The molecular formula is C12H24LiN. The minimum Gasteiger partial charge on any atom is -0.342 e. The fourth-order valence-electron chi connectivity index (χ4n) is 2.61. The molecular weight excluding hydrogens is 165 g/mol. The van der Waals surface area contributed by atoms with Gasteiger partial charge in [0.25, 0.3) is 0 Å². The molecule has 1 fully saturated rings. The summed E-state index contributed by atoms with van der Waals surface area (Å²) in [6.07, 6.45) is 3.79. The van der Waals surface area contributed by atoms with Crippen LogP contribution in [0.5, 0.6) is 0 Å². The van der Waals surface area contributed by atoms with Crippen LogP contribution in [0.4, 0.5) is 0 Å². The molecule has 0 aromatic heterocycles. The Kier molecular flexibility index (Phi) is 6.46. The van der Waals surface area contributed by atoms with Gasteiger partial charge in [-0.15, -0.1) is 0 Å². The van der Waals surface area contributed by atoms with Gasteiger partial charge in [0.2, 0.25) is 0 Å².